The van der Waals surface area contributed by atoms with E-state index in [4.69, 9.17) is 15.3 Å². The molecule has 3 N–H and O–H groups in total. The molecule has 1 aromatic carbocycles. The second kappa shape index (κ2) is 3.50. The van der Waals surface area contributed by atoms with E-state index < -0.39 is 11.7 Å². The first-order valence-corrected chi connectivity index (χ1v) is 3.37. The van der Waals surface area contributed by atoms with Gasteiger partial charge < -0.3 is 15.3 Å². The summed E-state index contributed by atoms with van der Waals surface area (Å²) < 4.78 is 0. The van der Waals surface area contributed by atoms with E-state index in [0.717, 1.165) is 0 Å². The Labute approximate surface area is 74.1 Å². The number of carboxylic acids is 1. The van der Waals surface area contributed by atoms with Crippen molar-refractivity contribution in [3.63, 3.8) is 0 Å². The average molecular weight is 178 g/mol. The van der Waals surface area contributed by atoms with Gasteiger partial charge in [0.15, 0.2) is 11.5 Å². The third kappa shape index (κ3) is 2.14. The summed E-state index contributed by atoms with van der Waals surface area (Å²) in [6, 6.07) is 4.15. The number of aromatic hydroxyl groups is 2. The van der Waals surface area contributed by atoms with Gasteiger partial charge in [0.05, 0.1) is 5.56 Å². The van der Waals surface area contributed by atoms with Crippen molar-refractivity contribution in [3.8, 4) is 23.3 Å². The van der Waals surface area contributed by atoms with Crippen molar-refractivity contribution in [2.45, 2.75) is 0 Å². The minimum Gasteiger partial charge on any atom is -0.504 e. The van der Waals surface area contributed by atoms with Crippen molar-refractivity contribution in [2.24, 2.45) is 0 Å². The van der Waals surface area contributed by atoms with Crippen LogP contribution in [0.4, 0.5) is 0 Å². The molecule has 1 aromatic rings. The standard InChI is InChI=1S/C9H6O4/c10-7-3-1-2-6(9(7)13)4-5-8(11)12/h1-3,10,13H,(H,11,12). The summed E-state index contributed by atoms with van der Waals surface area (Å²) in [4.78, 5) is 10.1. The maximum atomic E-state index is 10.1. The van der Waals surface area contributed by atoms with Gasteiger partial charge in [0.25, 0.3) is 0 Å². The van der Waals surface area contributed by atoms with Crippen LogP contribution < -0.4 is 0 Å². The zero-order chi connectivity index (χ0) is 9.84. The molecule has 4 heteroatoms. The number of para-hydroxylation sites is 1. The molecule has 0 radical (unpaired) electrons. The van der Waals surface area contributed by atoms with Crippen LogP contribution in [0.5, 0.6) is 11.5 Å². The number of phenols is 2. The van der Waals surface area contributed by atoms with Gasteiger partial charge in [-0.05, 0) is 12.1 Å². The fourth-order valence-corrected chi connectivity index (χ4v) is 0.753. The number of hydrogen-bond acceptors (Lipinski definition) is 3. The highest BCUT2D eigenvalue weighted by atomic mass is 16.4. The summed E-state index contributed by atoms with van der Waals surface area (Å²) >= 11 is 0. The lowest BCUT2D eigenvalue weighted by Crippen LogP contribution is -1.87. The van der Waals surface area contributed by atoms with E-state index in [1.165, 1.54) is 18.2 Å². The highest BCUT2D eigenvalue weighted by Gasteiger charge is 2.02. The fourth-order valence-electron chi connectivity index (χ4n) is 0.753. The molecule has 0 saturated heterocycles. The Balaban J connectivity index is 3.11. The van der Waals surface area contributed by atoms with Crippen molar-refractivity contribution in [2.75, 3.05) is 0 Å². The maximum absolute atomic E-state index is 10.1. The summed E-state index contributed by atoms with van der Waals surface area (Å²) in [5.74, 6) is 2.00. The number of carboxylic acid groups (broad SMARTS) is 1. The van der Waals surface area contributed by atoms with Crippen LogP contribution in [0, 0.1) is 11.8 Å². The molecule has 0 aliphatic rings. The van der Waals surface area contributed by atoms with Crippen molar-refractivity contribution in [3.05, 3.63) is 23.8 Å². The second-order valence-electron chi connectivity index (χ2n) is 2.23. The quantitative estimate of drug-likeness (QED) is 0.400. The van der Waals surface area contributed by atoms with Gasteiger partial charge in [0.2, 0.25) is 0 Å². The lowest BCUT2D eigenvalue weighted by molar-refractivity contribution is -0.130. The van der Waals surface area contributed by atoms with Gasteiger partial charge in [0, 0.05) is 5.92 Å². The molecular weight excluding hydrogens is 172 g/mol. The predicted molar refractivity (Wildman–Crippen MR) is 44.3 cm³/mol. The Morgan fingerprint density at radius 2 is 2.00 bits per heavy atom. The normalized spacial score (nSPS) is 8.62. The first-order valence-electron chi connectivity index (χ1n) is 3.37. The zero-order valence-corrected chi connectivity index (χ0v) is 6.48. The first-order chi connectivity index (χ1) is 6.11. The van der Waals surface area contributed by atoms with E-state index in [1.54, 1.807) is 0 Å². The molecule has 0 aromatic heterocycles. The van der Waals surface area contributed by atoms with Crippen LogP contribution in [0.3, 0.4) is 0 Å². The molecule has 0 unspecified atom stereocenters. The number of carbonyl (C=O) groups is 1. The van der Waals surface area contributed by atoms with Crippen molar-refractivity contribution < 1.29 is 20.1 Å². The van der Waals surface area contributed by atoms with Crippen LogP contribution in [0.15, 0.2) is 18.2 Å². The van der Waals surface area contributed by atoms with Crippen LogP contribution >= 0.6 is 0 Å². The number of hydrogen-bond donors (Lipinski definition) is 3. The molecule has 4 nitrogen and oxygen atoms in total. The summed E-state index contributed by atoms with van der Waals surface area (Å²) in [5.41, 5.74) is 0.0856. The number of aliphatic carboxylic acids is 1. The molecule has 0 atom stereocenters. The van der Waals surface area contributed by atoms with Gasteiger partial charge in [-0.1, -0.05) is 12.0 Å². The number of rotatable bonds is 0. The highest BCUT2D eigenvalue weighted by molar-refractivity contribution is 5.87. The van der Waals surface area contributed by atoms with Gasteiger partial charge in [-0.25, -0.2) is 4.79 Å². The van der Waals surface area contributed by atoms with E-state index >= 15 is 0 Å². The van der Waals surface area contributed by atoms with Crippen LogP contribution in [-0.4, -0.2) is 21.3 Å². The number of benzene rings is 1. The van der Waals surface area contributed by atoms with E-state index in [-0.39, 0.29) is 11.3 Å². The van der Waals surface area contributed by atoms with E-state index in [1.807, 2.05) is 5.92 Å². The monoisotopic (exact) mass is 178 g/mol. The van der Waals surface area contributed by atoms with Gasteiger partial charge in [0.1, 0.15) is 0 Å². The minimum absolute atomic E-state index is 0.0856. The van der Waals surface area contributed by atoms with Crippen molar-refractivity contribution in [1.29, 1.82) is 0 Å². The third-order valence-corrected chi connectivity index (χ3v) is 1.32. The molecule has 0 aliphatic carbocycles. The lowest BCUT2D eigenvalue weighted by atomic mass is 10.2. The maximum Gasteiger partial charge on any atom is 0.382 e. The van der Waals surface area contributed by atoms with Crippen molar-refractivity contribution in [1.82, 2.24) is 0 Å². The van der Waals surface area contributed by atoms with E-state index in [0.29, 0.717) is 0 Å². The highest BCUT2D eigenvalue weighted by Crippen LogP contribution is 2.27. The molecule has 0 aliphatic heterocycles. The van der Waals surface area contributed by atoms with Crippen LogP contribution in [-0.2, 0) is 4.79 Å². The Kier molecular flexibility index (Phi) is 2.41. The first kappa shape index (κ1) is 8.94. The number of phenolic OH excluding ortho intramolecular Hbond substituents is 2. The molecule has 0 spiro atoms. The summed E-state index contributed by atoms with van der Waals surface area (Å²) in [6.45, 7) is 0. The molecule has 66 valence electrons. The smallest absolute Gasteiger partial charge is 0.382 e. The molecule has 0 amide bonds. The zero-order valence-electron chi connectivity index (χ0n) is 6.48. The predicted octanol–water partition coefficient (Wildman–Crippen LogP) is 0.534. The summed E-state index contributed by atoms with van der Waals surface area (Å²) in [7, 11) is 0. The topological polar surface area (TPSA) is 77.8 Å². The molecule has 0 bridgehead atoms. The van der Waals surface area contributed by atoms with Gasteiger partial charge >= 0.3 is 5.97 Å². The minimum atomic E-state index is -1.29. The second-order valence-corrected chi connectivity index (χ2v) is 2.23. The van der Waals surface area contributed by atoms with Gasteiger partial charge in [-0.15, -0.1) is 0 Å². The fraction of sp³-hybridized carbons (Fsp3) is 0. The van der Waals surface area contributed by atoms with Crippen LogP contribution in [0.2, 0.25) is 0 Å². The molecule has 1 rings (SSSR count). The lowest BCUT2D eigenvalue weighted by Gasteiger charge is -1.97. The van der Waals surface area contributed by atoms with E-state index in [2.05, 4.69) is 5.92 Å². The van der Waals surface area contributed by atoms with Gasteiger partial charge in [-0.2, -0.15) is 0 Å². The third-order valence-electron chi connectivity index (χ3n) is 1.32. The van der Waals surface area contributed by atoms with Crippen molar-refractivity contribution >= 4 is 5.97 Å². The summed E-state index contributed by atoms with van der Waals surface area (Å²) in [6.07, 6.45) is 0. The SMILES string of the molecule is O=C(O)C#Cc1cccc(O)c1O. The molecule has 0 saturated carbocycles. The largest absolute Gasteiger partial charge is 0.504 e. The van der Waals surface area contributed by atoms with Crippen LogP contribution in [0.1, 0.15) is 5.56 Å². The Bertz CT molecular complexity index is 398. The Morgan fingerprint density at radius 3 is 2.62 bits per heavy atom. The molecule has 13 heavy (non-hydrogen) atoms. The molecular formula is C9H6O4. The molecule has 0 heterocycles. The van der Waals surface area contributed by atoms with E-state index in [9.17, 15) is 4.79 Å². The van der Waals surface area contributed by atoms with Gasteiger partial charge in [-0.3, -0.25) is 0 Å². The average Bonchev–Trinajstić information content (AvgIpc) is 2.07. The molecule has 0 fully saturated rings. The summed E-state index contributed by atoms with van der Waals surface area (Å²) in [5, 5.41) is 26.4. The Hall–Kier alpha value is -2.15. The van der Waals surface area contributed by atoms with Crippen LogP contribution in [0.25, 0.3) is 0 Å². The Morgan fingerprint density at radius 1 is 1.31 bits per heavy atom.